The summed E-state index contributed by atoms with van der Waals surface area (Å²) < 4.78 is 5.34. The van der Waals surface area contributed by atoms with Crippen molar-refractivity contribution < 1.29 is 14.3 Å². The minimum absolute atomic E-state index is 0.168. The first-order valence-corrected chi connectivity index (χ1v) is 7.51. The van der Waals surface area contributed by atoms with Gasteiger partial charge in [0.25, 0.3) is 0 Å². The van der Waals surface area contributed by atoms with Crippen molar-refractivity contribution in [1.82, 2.24) is 9.80 Å². The SMILES string of the molecule is O=CC1CN(C2CCN(C(=O)CBr)CC2)CCO1. The van der Waals surface area contributed by atoms with Gasteiger partial charge in [0.2, 0.25) is 5.91 Å². The molecule has 1 amide bonds. The number of morpholine rings is 1. The van der Waals surface area contributed by atoms with Crippen molar-refractivity contribution in [1.29, 1.82) is 0 Å². The van der Waals surface area contributed by atoms with Crippen LogP contribution in [0, 0.1) is 0 Å². The molecule has 0 spiro atoms. The molecule has 6 heteroatoms. The number of nitrogens with zero attached hydrogens (tertiary/aromatic N) is 2. The number of hydrogen-bond acceptors (Lipinski definition) is 4. The third kappa shape index (κ3) is 3.30. The molecule has 0 aromatic heterocycles. The number of hydrogen-bond donors (Lipinski definition) is 0. The number of rotatable bonds is 3. The van der Waals surface area contributed by atoms with Crippen LogP contribution in [0.5, 0.6) is 0 Å². The Labute approximate surface area is 116 Å². The third-order valence-corrected chi connectivity index (χ3v) is 4.20. The Morgan fingerprint density at radius 2 is 2.06 bits per heavy atom. The van der Waals surface area contributed by atoms with Crippen LogP contribution in [-0.4, -0.2) is 72.3 Å². The summed E-state index contributed by atoms with van der Waals surface area (Å²) in [4.78, 5) is 26.5. The van der Waals surface area contributed by atoms with E-state index in [0.29, 0.717) is 24.5 Å². The maximum absolute atomic E-state index is 11.5. The van der Waals surface area contributed by atoms with Crippen molar-refractivity contribution in [3.8, 4) is 0 Å². The fraction of sp³-hybridized carbons (Fsp3) is 0.833. The summed E-state index contributed by atoms with van der Waals surface area (Å²) in [5.41, 5.74) is 0. The first-order chi connectivity index (χ1) is 8.74. The van der Waals surface area contributed by atoms with E-state index in [1.807, 2.05) is 4.90 Å². The number of carbonyl (C=O) groups is 2. The number of piperidine rings is 1. The van der Waals surface area contributed by atoms with E-state index in [9.17, 15) is 9.59 Å². The Bertz CT molecular complexity index is 306. The monoisotopic (exact) mass is 318 g/mol. The molecule has 2 heterocycles. The number of alkyl halides is 1. The van der Waals surface area contributed by atoms with Crippen molar-refractivity contribution in [2.75, 3.05) is 38.1 Å². The van der Waals surface area contributed by atoms with Crippen LogP contribution in [0.15, 0.2) is 0 Å². The van der Waals surface area contributed by atoms with Crippen molar-refractivity contribution in [3.63, 3.8) is 0 Å². The molecule has 0 N–H and O–H groups in total. The topological polar surface area (TPSA) is 49.9 Å². The minimum atomic E-state index is -0.277. The second-order valence-corrected chi connectivity index (χ2v) is 5.35. The zero-order chi connectivity index (χ0) is 13.0. The quantitative estimate of drug-likeness (QED) is 0.554. The summed E-state index contributed by atoms with van der Waals surface area (Å²) in [6.45, 7) is 3.85. The fourth-order valence-electron chi connectivity index (χ4n) is 2.68. The van der Waals surface area contributed by atoms with Gasteiger partial charge >= 0.3 is 0 Å². The summed E-state index contributed by atoms with van der Waals surface area (Å²) in [6.07, 6.45) is 2.59. The van der Waals surface area contributed by atoms with Crippen LogP contribution >= 0.6 is 15.9 Å². The van der Waals surface area contributed by atoms with Gasteiger partial charge in [0.05, 0.1) is 11.9 Å². The third-order valence-electron chi connectivity index (χ3n) is 3.72. The Kier molecular flexibility index (Phi) is 5.14. The van der Waals surface area contributed by atoms with Gasteiger partial charge in [-0.3, -0.25) is 9.69 Å². The highest BCUT2D eigenvalue weighted by Gasteiger charge is 2.30. The molecule has 0 radical (unpaired) electrons. The minimum Gasteiger partial charge on any atom is -0.368 e. The number of ether oxygens (including phenoxy) is 1. The van der Waals surface area contributed by atoms with Crippen molar-refractivity contribution in [2.24, 2.45) is 0 Å². The van der Waals surface area contributed by atoms with Crippen molar-refractivity contribution in [3.05, 3.63) is 0 Å². The van der Waals surface area contributed by atoms with E-state index in [0.717, 1.165) is 38.8 Å². The molecular formula is C12H19BrN2O3. The molecule has 1 atom stereocenters. The second-order valence-electron chi connectivity index (χ2n) is 4.79. The lowest BCUT2D eigenvalue weighted by Gasteiger charge is -2.41. The van der Waals surface area contributed by atoms with Gasteiger partial charge in [0.15, 0.2) is 0 Å². The normalized spacial score (nSPS) is 27.2. The van der Waals surface area contributed by atoms with E-state index in [4.69, 9.17) is 4.74 Å². The molecule has 102 valence electrons. The summed E-state index contributed by atoms with van der Waals surface area (Å²) in [5.74, 6) is 0.168. The summed E-state index contributed by atoms with van der Waals surface area (Å²) in [7, 11) is 0. The maximum atomic E-state index is 11.5. The van der Waals surface area contributed by atoms with E-state index < -0.39 is 0 Å². The molecule has 1 unspecified atom stereocenters. The molecule has 0 saturated carbocycles. The van der Waals surface area contributed by atoms with Crippen molar-refractivity contribution >= 4 is 28.1 Å². The standard InChI is InChI=1S/C12H19BrN2O3/c13-7-12(17)14-3-1-10(2-4-14)15-5-6-18-11(8-15)9-16/h9-11H,1-8H2. The fourth-order valence-corrected chi connectivity index (χ4v) is 3.03. The molecule has 0 aromatic rings. The highest BCUT2D eigenvalue weighted by molar-refractivity contribution is 9.09. The van der Waals surface area contributed by atoms with Gasteiger partial charge in [-0.1, -0.05) is 15.9 Å². The van der Waals surface area contributed by atoms with Crippen LogP contribution in [0.1, 0.15) is 12.8 Å². The van der Waals surface area contributed by atoms with E-state index in [1.165, 1.54) is 0 Å². The molecule has 2 rings (SSSR count). The number of halogens is 1. The van der Waals surface area contributed by atoms with Gasteiger partial charge in [-0.2, -0.15) is 0 Å². The first-order valence-electron chi connectivity index (χ1n) is 6.39. The van der Waals surface area contributed by atoms with Gasteiger partial charge < -0.3 is 14.4 Å². The van der Waals surface area contributed by atoms with E-state index in [1.54, 1.807) is 0 Å². The molecule has 2 saturated heterocycles. The van der Waals surface area contributed by atoms with Gasteiger partial charge in [-0.15, -0.1) is 0 Å². The van der Waals surface area contributed by atoms with Crippen LogP contribution in [0.4, 0.5) is 0 Å². The summed E-state index contributed by atoms with van der Waals surface area (Å²) in [6, 6.07) is 0.482. The van der Waals surface area contributed by atoms with E-state index in [-0.39, 0.29) is 12.0 Å². The second kappa shape index (κ2) is 6.63. The Balaban J connectivity index is 1.82. The van der Waals surface area contributed by atoms with Crippen LogP contribution < -0.4 is 0 Å². The Morgan fingerprint density at radius 1 is 1.33 bits per heavy atom. The molecule has 2 fully saturated rings. The van der Waals surface area contributed by atoms with Crippen LogP contribution in [0.2, 0.25) is 0 Å². The predicted octanol–water partition coefficient (Wildman–Crippen LogP) is 0.272. The zero-order valence-corrected chi connectivity index (χ0v) is 12.0. The molecular weight excluding hydrogens is 300 g/mol. The first kappa shape index (κ1) is 14.0. The maximum Gasteiger partial charge on any atom is 0.233 e. The summed E-state index contributed by atoms with van der Waals surface area (Å²) >= 11 is 3.20. The smallest absolute Gasteiger partial charge is 0.233 e. The van der Waals surface area contributed by atoms with Gasteiger partial charge in [-0.05, 0) is 12.8 Å². The molecule has 0 aliphatic carbocycles. The Morgan fingerprint density at radius 3 is 2.67 bits per heavy atom. The lowest BCUT2D eigenvalue weighted by atomic mass is 10.0. The molecule has 5 nitrogen and oxygen atoms in total. The molecule has 2 aliphatic heterocycles. The average Bonchev–Trinajstić information content (AvgIpc) is 2.46. The zero-order valence-electron chi connectivity index (χ0n) is 10.4. The van der Waals surface area contributed by atoms with Crippen LogP contribution in [-0.2, 0) is 14.3 Å². The lowest BCUT2D eigenvalue weighted by molar-refractivity contribution is -0.131. The molecule has 0 aromatic carbocycles. The van der Waals surface area contributed by atoms with Gasteiger partial charge in [0.1, 0.15) is 12.4 Å². The number of aldehydes is 1. The largest absolute Gasteiger partial charge is 0.368 e. The van der Waals surface area contributed by atoms with Gasteiger partial charge in [0, 0.05) is 32.2 Å². The summed E-state index contributed by atoms with van der Waals surface area (Å²) in [5, 5.41) is 0.405. The number of likely N-dealkylation sites (tertiary alicyclic amines) is 1. The predicted molar refractivity (Wildman–Crippen MR) is 70.8 cm³/mol. The van der Waals surface area contributed by atoms with Crippen LogP contribution in [0.25, 0.3) is 0 Å². The lowest BCUT2D eigenvalue weighted by Crippen LogP contribution is -2.52. The highest BCUT2D eigenvalue weighted by Crippen LogP contribution is 2.19. The highest BCUT2D eigenvalue weighted by atomic mass is 79.9. The van der Waals surface area contributed by atoms with E-state index >= 15 is 0 Å². The number of carbonyl (C=O) groups excluding carboxylic acids is 2. The van der Waals surface area contributed by atoms with Gasteiger partial charge in [-0.25, -0.2) is 0 Å². The van der Waals surface area contributed by atoms with Crippen LogP contribution in [0.3, 0.4) is 0 Å². The molecule has 0 bridgehead atoms. The molecule has 18 heavy (non-hydrogen) atoms. The number of amides is 1. The Hall–Kier alpha value is -0.460. The molecule has 2 aliphatic rings. The van der Waals surface area contributed by atoms with E-state index in [2.05, 4.69) is 20.8 Å². The van der Waals surface area contributed by atoms with Crippen molar-refractivity contribution in [2.45, 2.75) is 25.0 Å². The average molecular weight is 319 g/mol.